The zero-order chi connectivity index (χ0) is 21.0. The Morgan fingerprint density at radius 3 is 2.83 bits per heavy atom. The highest BCUT2D eigenvalue weighted by molar-refractivity contribution is 8.15. The maximum Gasteiger partial charge on any atom is 0.320 e. The van der Waals surface area contributed by atoms with Crippen molar-refractivity contribution in [1.82, 2.24) is 4.98 Å². The van der Waals surface area contributed by atoms with E-state index in [0.29, 0.717) is 17.0 Å². The van der Waals surface area contributed by atoms with Gasteiger partial charge < -0.3 is 10.8 Å². The first-order valence-corrected chi connectivity index (χ1v) is 9.92. The van der Waals surface area contributed by atoms with Crippen molar-refractivity contribution in [3.63, 3.8) is 0 Å². The second-order valence-electron chi connectivity index (χ2n) is 7.24. The molecule has 150 valence electrons. The SMILES string of the molecule is CC1(c2cc(C=C(F)c3ccc(Cl)cn3)ccc2F)N=C(N)SC2(C(=O)O)CC21. The van der Waals surface area contributed by atoms with E-state index in [1.165, 1.54) is 42.6 Å². The number of carboxylic acid groups (broad SMARTS) is 1. The quantitative estimate of drug-likeness (QED) is 0.740. The maximum atomic E-state index is 14.7. The number of hydrogen-bond acceptors (Lipinski definition) is 5. The van der Waals surface area contributed by atoms with Crippen LogP contribution in [-0.2, 0) is 10.3 Å². The molecule has 1 aromatic heterocycles. The minimum atomic E-state index is -1.16. The number of carbonyl (C=O) groups is 1. The van der Waals surface area contributed by atoms with Gasteiger partial charge in [-0.15, -0.1) is 0 Å². The number of fused-ring (bicyclic) bond motifs is 1. The van der Waals surface area contributed by atoms with Crippen molar-refractivity contribution in [2.24, 2.45) is 16.6 Å². The Balaban J connectivity index is 1.74. The summed E-state index contributed by atoms with van der Waals surface area (Å²) in [6, 6.07) is 7.08. The van der Waals surface area contributed by atoms with Gasteiger partial charge in [0.1, 0.15) is 16.4 Å². The van der Waals surface area contributed by atoms with Gasteiger partial charge in [0.2, 0.25) is 0 Å². The molecule has 2 aromatic rings. The lowest BCUT2D eigenvalue weighted by Crippen LogP contribution is -2.39. The average molecular weight is 436 g/mol. The van der Waals surface area contributed by atoms with Crippen LogP contribution in [0.1, 0.15) is 30.2 Å². The molecule has 3 N–H and O–H groups in total. The molecule has 1 fully saturated rings. The van der Waals surface area contributed by atoms with Gasteiger partial charge in [0, 0.05) is 17.7 Å². The molecule has 0 spiro atoms. The number of benzene rings is 1. The first-order valence-electron chi connectivity index (χ1n) is 8.72. The van der Waals surface area contributed by atoms with Crippen molar-refractivity contribution >= 4 is 46.4 Å². The Morgan fingerprint density at radius 2 is 2.17 bits per heavy atom. The molecule has 3 atom stereocenters. The van der Waals surface area contributed by atoms with E-state index in [2.05, 4.69) is 9.98 Å². The van der Waals surface area contributed by atoms with Gasteiger partial charge in [-0.2, -0.15) is 0 Å². The first kappa shape index (κ1) is 19.8. The summed E-state index contributed by atoms with van der Waals surface area (Å²) in [4.78, 5) is 20.1. The summed E-state index contributed by atoms with van der Waals surface area (Å²) in [7, 11) is 0. The van der Waals surface area contributed by atoms with Crippen LogP contribution in [-0.4, -0.2) is 26.0 Å². The normalized spacial score (nSPS) is 28.5. The van der Waals surface area contributed by atoms with Gasteiger partial charge in [0.15, 0.2) is 5.17 Å². The van der Waals surface area contributed by atoms with Crippen LogP contribution in [0.15, 0.2) is 41.5 Å². The van der Waals surface area contributed by atoms with Crippen LogP contribution < -0.4 is 5.73 Å². The first-order chi connectivity index (χ1) is 13.7. The van der Waals surface area contributed by atoms with E-state index in [-0.39, 0.29) is 16.4 Å². The number of aliphatic carboxylic acids is 1. The molecule has 0 amide bonds. The van der Waals surface area contributed by atoms with Crippen molar-refractivity contribution in [2.75, 3.05) is 0 Å². The molecule has 3 unspecified atom stereocenters. The number of nitrogens with zero attached hydrogens (tertiary/aromatic N) is 2. The van der Waals surface area contributed by atoms with Crippen LogP contribution in [0.3, 0.4) is 0 Å². The molecule has 29 heavy (non-hydrogen) atoms. The summed E-state index contributed by atoms with van der Waals surface area (Å²) in [6.07, 6.45) is 2.89. The lowest BCUT2D eigenvalue weighted by Gasteiger charge is -2.33. The van der Waals surface area contributed by atoms with Crippen LogP contribution >= 0.6 is 23.4 Å². The van der Waals surface area contributed by atoms with E-state index in [1.807, 2.05) is 0 Å². The standard InChI is InChI=1S/C20H16ClF2N3O2S/c1-19(16-8-20(16,17(27)28)29-18(24)26-19)12-6-10(2-4-13(12)22)7-14(23)15-5-3-11(21)9-25-15/h2-7,9,16H,8H2,1H3,(H2,24,26)(H,27,28). The molecule has 5 nitrogen and oxygen atoms in total. The minimum absolute atomic E-state index is 0.0925. The van der Waals surface area contributed by atoms with Gasteiger partial charge in [0.25, 0.3) is 0 Å². The fourth-order valence-electron chi connectivity index (χ4n) is 3.81. The van der Waals surface area contributed by atoms with E-state index in [4.69, 9.17) is 17.3 Å². The van der Waals surface area contributed by atoms with E-state index in [9.17, 15) is 18.7 Å². The third kappa shape index (κ3) is 3.30. The summed E-state index contributed by atoms with van der Waals surface area (Å²) in [5.41, 5.74) is 5.39. The van der Waals surface area contributed by atoms with Gasteiger partial charge in [-0.1, -0.05) is 29.4 Å². The van der Waals surface area contributed by atoms with Crippen LogP contribution in [0.2, 0.25) is 5.02 Å². The lowest BCUT2D eigenvalue weighted by atomic mass is 9.85. The minimum Gasteiger partial charge on any atom is -0.480 e. The van der Waals surface area contributed by atoms with Gasteiger partial charge in [0.05, 0.1) is 16.3 Å². The average Bonchev–Trinajstić information content (AvgIpc) is 3.40. The van der Waals surface area contributed by atoms with Crippen LogP contribution in [0.4, 0.5) is 8.78 Å². The summed E-state index contributed by atoms with van der Waals surface area (Å²) < 4.78 is 28.2. The summed E-state index contributed by atoms with van der Waals surface area (Å²) in [5.74, 6) is -2.57. The van der Waals surface area contributed by atoms with Gasteiger partial charge >= 0.3 is 5.97 Å². The van der Waals surface area contributed by atoms with E-state index in [0.717, 1.165) is 11.8 Å². The Hall–Kier alpha value is -2.45. The maximum absolute atomic E-state index is 14.7. The van der Waals surface area contributed by atoms with Crippen molar-refractivity contribution in [2.45, 2.75) is 23.6 Å². The fraction of sp³-hybridized carbons (Fsp3) is 0.250. The number of aromatic nitrogens is 1. The third-order valence-corrected chi connectivity index (χ3v) is 6.90. The van der Waals surface area contributed by atoms with E-state index < -0.39 is 33.8 Å². The summed E-state index contributed by atoms with van der Waals surface area (Å²) >= 11 is 6.77. The zero-order valence-electron chi connectivity index (χ0n) is 15.2. The van der Waals surface area contributed by atoms with E-state index in [1.54, 1.807) is 6.92 Å². The van der Waals surface area contributed by atoms with Crippen LogP contribution in [0.25, 0.3) is 11.9 Å². The molecular formula is C20H16ClF2N3O2S. The molecule has 2 aliphatic rings. The zero-order valence-corrected chi connectivity index (χ0v) is 16.8. The van der Waals surface area contributed by atoms with Crippen molar-refractivity contribution in [3.05, 3.63) is 64.2 Å². The Kier molecular flexibility index (Phi) is 4.66. The van der Waals surface area contributed by atoms with Crippen LogP contribution in [0.5, 0.6) is 0 Å². The second kappa shape index (κ2) is 6.81. The van der Waals surface area contributed by atoms with Crippen LogP contribution in [0, 0.1) is 11.7 Å². The number of nitrogens with two attached hydrogens (primary N) is 1. The number of thioether (sulfide) groups is 1. The highest BCUT2D eigenvalue weighted by Gasteiger charge is 2.71. The third-order valence-electron chi connectivity index (χ3n) is 5.38. The molecule has 1 aromatic carbocycles. The highest BCUT2D eigenvalue weighted by atomic mass is 35.5. The van der Waals surface area contributed by atoms with Gasteiger partial charge in [-0.25, -0.2) is 8.78 Å². The molecule has 0 saturated heterocycles. The number of pyridine rings is 1. The fourth-order valence-corrected chi connectivity index (χ4v) is 5.24. The highest BCUT2D eigenvalue weighted by Crippen LogP contribution is 2.66. The molecular weight excluding hydrogens is 420 g/mol. The summed E-state index contributed by atoms with van der Waals surface area (Å²) in [5, 5.41) is 10.1. The Bertz CT molecular complexity index is 1080. The molecule has 4 rings (SSSR count). The second-order valence-corrected chi connectivity index (χ2v) is 9.03. The van der Waals surface area contributed by atoms with Crippen molar-refractivity contribution in [3.8, 4) is 0 Å². The topological polar surface area (TPSA) is 88.6 Å². The molecule has 0 radical (unpaired) electrons. The molecule has 9 heteroatoms. The number of carboxylic acids is 1. The number of amidine groups is 1. The predicted molar refractivity (Wildman–Crippen MR) is 110 cm³/mol. The molecule has 2 heterocycles. The monoisotopic (exact) mass is 435 g/mol. The number of hydrogen-bond donors (Lipinski definition) is 2. The molecule has 1 aliphatic carbocycles. The smallest absolute Gasteiger partial charge is 0.320 e. The Morgan fingerprint density at radius 1 is 1.41 bits per heavy atom. The van der Waals surface area contributed by atoms with Gasteiger partial charge in [-0.05, 0) is 49.2 Å². The summed E-state index contributed by atoms with van der Waals surface area (Å²) in [6.45, 7) is 1.66. The van der Waals surface area contributed by atoms with Gasteiger partial charge in [-0.3, -0.25) is 14.8 Å². The molecule has 0 bridgehead atoms. The number of rotatable bonds is 4. The van der Waals surface area contributed by atoms with E-state index >= 15 is 0 Å². The van der Waals surface area contributed by atoms with Crippen molar-refractivity contribution in [1.29, 1.82) is 0 Å². The largest absolute Gasteiger partial charge is 0.480 e. The van der Waals surface area contributed by atoms with Crippen molar-refractivity contribution < 1.29 is 18.7 Å². The number of aliphatic imine (C=N–C) groups is 1. The molecule has 1 aliphatic heterocycles. The number of halogens is 3. The lowest BCUT2D eigenvalue weighted by molar-refractivity contribution is -0.137. The predicted octanol–water partition coefficient (Wildman–Crippen LogP) is 4.46. The molecule has 1 saturated carbocycles. The Labute approximate surface area is 174 Å².